The van der Waals surface area contributed by atoms with Crippen molar-refractivity contribution in [2.45, 2.75) is 18.7 Å². The average molecular weight is 307 g/mol. The van der Waals surface area contributed by atoms with E-state index in [2.05, 4.69) is 10.2 Å². The first-order valence-corrected chi connectivity index (χ1v) is 7.74. The maximum atomic E-state index is 11.4. The number of ether oxygens (including phenoxy) is 1. The summed E-state index contributed by atoms with van der Waals surface area (Å²) in [6.45, 7) is 2.09. The smallest absolute Gasteiger partial charge is 0.323 e. The van der Waals surface area contributed by atoms with Gasteiger partial charge in [0.25, 0.3) is 0 Å². The van der Waals surface area contributed by atoms with E-state index < -0.39 is 6.04 Å². The standard InChI is InChI=1S/C14H17N3O3S/c1-2-19-14(18)11(15)8-21-9-12-16-17-13(20-12)10-6-4-3-5-7-10/h3-7,11H,2,8-9,15H2,1H3. The van der Waals surface area contributed by atoms with Crippen LogP contribution in [-0.2, 0) is 15.3 Å². The molecule has 0 aliphatic carbocycles. The highest BCUT2D eigenvalue weighted by atomic mass is 32.2. The Bertz CT molecular complexity index is 574. The number of thioether (sulfide) groups is 1. The fourth-order valence-electron chi connectivity index (χ4n) is 1.60. The van der Waals surface area contributed by atoms with E-state index in [9.17, 15) is 4.79 Å². The first kappa shape index (κ1) is 15.5. The molecule has 112 valence electrons. The van der Waals surface area contributed by atoms with Crippen molar-refractivity contribution in [3.63, 3.8) is 0 Å². The van der Waals surface area contributed by atoms with Gasteiger partial charge in [-0.15, -0.1) is 22.0 Å². The van der Waals surface area contributed by atoms with Crippen LogP contribution >= 0.6 is 11.8 Å². The summed E-state index contributed by atoms with van der Waals surface area (Å²) in [6.07, 6.45) is 0. The topological polar surface area (TPSA) is 91.2 Å². The van der Waals surface area contributed by atoms with Gasteiger partial charge in [0.05, 0.1) is 12.4 Å². The van der Waals surface area contributed by atoms with Crippen LogP contribution in [0.5, 0.6) is 0 Å². The highest BCUT2D eigenvalue weighted by Gasteiger charge is 2.15. The van der Waals surface area contributed by atoms with Gasteiger partial charge in [0, 0.05) is 11.3 Å². The maximum Gasteiger partial charge on any atom is 0.323 e. The third-order valence-corrected chi connectivity index (χ3v) is 3.65. The second-order valence-corrected chi connectivity index (χ2v) is 5.27. The summed E-state index contributed by atoms with van der Waals surface area (Å²) < 4.78 is 10.4. The van der Waals surface area contributed by atoms with Crippen LogP contribution in [0.25, 0.3) is 11.5 Å². The van der Waals surface area contributed by atoms with Crippen LogP contribution in [0.3, 0.4) is 0 Å². The number of esters is 1. The Morgan fingerprint density at radius 2 is 2.14 bits per heavy atom. The third kappa shape index (κ3) is 4.57. The zero-order valence-corrected chi connectivity index (χ0v) is 12.5. The van der Waals surface area contributed by atoms with Gasteiger partial charge in [-0.1, -0.05) is 18.2 Å². The normalized spacial score (nSPS) is 12.1. The number of nitrogens with zero attached hydrogens (tertiary/aromatic N) is 2. The number of nitrogens with two attached hydrogens (primary N) is 1. The summed E-state index contributed by atoms with van der Waals surface area (Å²) in [5.74, 6) is 1.56. The summed E-state index contributed by atoms with van der Waals surface area (Å²) >= 11 is 1.46. The lowest BCUT2D eigenvalue weighted by Crippen LogP contribution is -2.34. The van der Waals surface area contributed by atoms with Crippen LogP contribution < -0.4 is 5.73 Å². The monoisotopic (exact) mass is 307 g/mol. The van der Waals surface area contributed by atoms with Crippen molar-refractivity contribution < 1.29 is 13.9 Å². The fraction of sp³-hybridized carbons (Fsp3) is 0.357. The lowest BCUT2D eigenvalue weighted by Gasteiger charge is -2.08. The molecule has 1 aromatic heterocycles. The molecule has 0 bridgehead atoms. The van der Waals surface area contributed by atoms with Crippen molar-refractivity contribution in [3.05, 3.63) is 36.2 Å². The zero-order chi connectivity index (χ0) is 15.1. The number of hydrogen-bond acceptors (Lipinski definition) is 7. The van der Waals surface area contributed by atoms with Crippen LogP contribution in [0, 0.1) is 0 Å². The molecule has 1 atom stereocenters. The molecule has 0 amide bonds. The van der Waals surface area contributed by atoms with Gasteiger partial charge in [-0.3, -0.25) is 4.79 Å². The lowest BCUT2D eigenvalue weighted by molar-refractivity contribution is -0.144. The van der Waals surface area contributed by atoms with Gasteiger partial charge >= 0.3 is 5.97 Å². The number of carbonyl (C=O) groups excluding carboxylic acids is 1. The van der Waals surface area contributed by atoms with Crippen molar-refractivity contribution >= 4 is 17.7 Å². The molecule has 1 heterocycles. The van der Waals surface area contributed by atoms with Gasteiger partial charge < -0.3 is 14.9 Å². The second kappa shape index (κ2) is 7.80. The third-order valence-electron chi connectivity index (χ3n) is 2.60. The predicted octanol–water partition coefficient (Wildman–Crippen LogP) is 1.86. The first-order chi connectivity index (χ1) is 10.2. The minimum Gasteiger partial charge on any atom is -0.465 e. The van der Waals surface area contributed by atoms with Crippen LogP contribution in [0.1, 0.15) is 12.8 Å². The highest BCUT2D eigenvalue weighted by molar-refractivity contribution is 7.98. The first-order valence-electron chi connectivity index (χ1n) is 6.58. The molecule has 1 aromatic carbocycles. The molecule has 2 rings (SSSR count). The zero-order valence-electron chi connectivity index (χ0n) is 11.7. The SMILES string of the molecule is CCOC(=O)C(N)CSCc1nnc(-c2ccccc2)o1. The van der Waals surface area contributed by atoms with Crippen LogP contribution in [-0.4, -0.2) is 34.6 Å². The number of benzene rings is 1. The van der Waals surface area contributed by atoms with E-state index in [0.29, 0.717) is 29.9 Å². The molecule has 0 saturated heterocycles. The molecule has 7 heteroatoms. The van der Waals surface area contributed by atoms with E-state index in [0.717, 1.165) is 5.56 Å². The van der Waals surface area contributed by atoms with Gasteiger partial charge in [0.1, 0.15) is 6.04 Å². The second-order valence-electron chi connectivity index (χ2n) is 4.24. The van der Waals surface area contributed by atoms with Gasteiger partial charge in [-0.25, -0.2) is 0 Å². The van der Waals surface area contributed by atoms with E-state index in [1.807, 2.05) is 30.3 Å². The summed E-state index contributed by atoms with van der Waals surface area (Å²) in [4.78, 5) is 11.4. The molecule has 2 N–H and O–H groups in total. The lowest BCUT2D eigenvalue weighted by atomic mass is 10.2. The highest BCUT2D eigenvalue weighted by Crippen LogP contribution is 2.19. The molecule has 0 fully saturated rings. The van der Waals surface area contributed by atoms with Crippen molar-refractivity contribution in [2.24, 2.45) is 5.73 Å². The van der Waals surface area contributed by atoms with E-state index in [4.69, 9.17) is 14.9 Å². The summed E-state index contributed by atoms with van der Waals surface area (Å²) in [5, 5.41) is 7.97. The number of rotatable bonds is 7. The summed E-state index contributed by atoms with van der Waals surface area (Å²) in [7, 11) is 0. The van der Waals surface area contributed by atoms with Crippen LogP contribution in [0.2, 0.25) is 0 Å². The molecule has 0 aliphatic rings. The van der Waals surface area contributed by atoms with Crippen molar-refractivity contribution in [1.29, 1.82) is 0 Å². The van der Waals surface area contributed by atoms with E-state index in [-0.39, 0.29) is 5.97 Å². The molecule has 0 saturated carbocycles. The molecule has 0 aliphatic heterocycles. The maximum absolute atomic E-state index is 11.4. The molecular formula is C14H17N3O3S. The van der Waals surface area contributed by atoms with Crippen LogP contribution in [0.4, 0.5) is 0 Å². The van der Waals surface area contributed by atoms with Gasteiger partial charge in [-0.2, -0.15) is 0 Å². The Morgan fingerprint density at radius 3 is 2.86 bits per heavy atom. The van der Waals surface area contributed by atoms with E-state index in [1.54, 1.807) is 6.92 Å². The Kier molecular flexibility index (Phi) is 5.77. The van der Waals surface area contributed by atoms with Crippen molar-refractivity contribution in [1.82, 2.24) is 10.2 Å². The molecule has 0 radical (unpaired) electrons. The fourth-order valence-corrected chi connectivity index (χ4v) is 2.40. The van der Waals surface area contributed by atoms with Gasteiger partial charge in [-0.05, 0) is 19.1 Å². The Hall–Kier alpha value is -1.86. The largest absolute Gasteiger partial charge is 0.465 e. The van der Waals surface area contributed by atoms with Crippen molar-refractivity contribution in [2.75, 3.05) is 12.4 Å². The van der Waals surface area contributed by atoms with Gasteiger partial charge in [0.15, 0.2) is 0 Å². The molecule has 6 nitrogen and oxygen atoms in total. The molecule has 1 unspecified atom stereocenters. The molecule has 21 heavy (non-hydrogen) atoms. The van der Waals surface area contributed by atoms with Gasteiger partial charge in [0.2, 0.25) is 11.8 Å². The quantitative estimate of drug-likeness (QED) is 0.780. The number of aromatic nitrogens is 2. The van der Waals surface area contributed by atoms with Crippen molar-refractivity contribution in [3.8, 4) is 11.5 Å². The molecule has 0 spiro atoms. The number of carbonyl (C=O) groups is 1. The molecule has 2 aromatic rings. The van der Waals surface area contributed by atoms with Crippen LogP contribution in [0.15, 0.2) is 34.7 Å². The average Bonchev–Trinajstić information content (AvgIpc) is 2.97. The predicted molar refractivity (Wildman–Crippen MR) is 80.5 cm³/mol. The van der Waals surface area contributed by atoms with E-state index in [1.165, 1.54) is 11.8 Å². The minimum atomic E-state index is -0.633. The Morgan fingerprint density at radius 1 is 1.38 bits per heavy atom. The Labute approximate surface area is 127 Å². The minimum absolute atomic E-state index is 0.335. The summed E-state index contributed by atoms with van der Waals surface area (Å²) in [5.41, 5.74) is 6.58. The molecular weight excluding hydrogens is 290 g/mol. The Balaban J connectivity index is 1.82. The summed E-state index contributed by atoms with van der Waals surface area (Å²) in [6, 6.07) is 8.92. The van der Waals surface area contributed by atoms with E-state index >= 15 is 0 Å². The number of hydrogen-bond donors (Lipinski definition) is 1.